The van der Waals surface area contributed by atoms with Gasteiger partial charge in [0.25, 0.3) is 5.91 Å². The van der Waals surface area contributed by atoms with E-state index >= 15 is 0 Å². The van der Waals surface area contributed by atoms with Crippen LogP contribution in [0.4, 0.5) is 5.69 Å². The van der Waals surface area contributed by atoms with Gasteiger partial charge in [0.2, 0.25) is 5.91 Å². The molecular weight excluding hydrogens is 246 g/mol. The fourth-order valence-corrected chi connectivity index (χ4v) is 1.44. The molecule has 0 fully saturated rings. The third-order valence-electron chi connectivity index (χ3n) is 2.51. The lowest BCUT2D eigenvalue weighted by Gasteiger charge is -2.15. The van der Waals surface area contributed by atoms with Crippen LogP contribution < -0.4 is 21.9 Å². The summed E-state index contributed by atoms with van der Waals surface area (Å²) in [7, 11) is 0. The number of nitrogens with zero attached hydrogens (tertiary/aromatic N) is 1. The summed E-state index contributed by atoms with van der Waals surface area (Å²) in [6.45, 7) is 4.16. The Hall–Kier alpha value is -2.15. The molecule has 0 saturated carbocycles. The average molecular weight is 265 g/mol. The lowest BCUT2D eigenvalue weighted by atomic mass is 10.2. The van der Waals surface area contributed by atoms with Crippen LogP contribution >= 0.6 is 0 Å². The standard InChI is InChI=1S/C12H19N5O2/c1-3-5-15-11(18)8(2)16-12(19)9-7-14-6-4-10(9)17-13/h4,6-8H,3,5,13H2,1-2H3,(H,14,17)(H,15,18)(H,16,19). The van der Waals surface area contributed by atoms with Crippen molar-refractivity contribution in [3.63, 3.8) is 0 Å². The van der Waals surface area contributed by atoms with E-state index in [4.69, 9.17) is 5.84 Å². The maximum absolute atomic E-state index is 12.0. The van der Waals surface area contributed by atoms with Crippen molar-refractivity contribution < 1.29 is 9.59 Å². The fourth-order valence-electron chi connectivity index (χ4n) is 1.44. The lowest BCUT2D eigenvalue weighted by molar-refractivity contribution is -0.122. The van der Waals surface area contributed by atoms with Gasteiger partial charge in [0, 0.05) is 18.9 Å². The number of nitrogen functional groups attached to an aromatic ring is 1. The molecule has 104 valence electrons. The molecule has 1 rings (SSSR count). The van der Waals surface area contributed by atoms with Gasteiger partial charge in [-0.1, -0.05) is 6.92 Å². The number of anilines is 1. The van der Waals surface area contributed by atoms with Crippen LogP contribution in [0.3, 0.4) is 0 Å². The highest BCUT2D eigenvalue weighted by Crippen LogP contribution is 2.11. The maximum atomic E-state index is 12.0. The summed E-state index contributed by atoms with van der Waals surface area (Å²) < 4.78 is 0. The van der Waals surface area contributed by atoms with Crippen molar-refractivity contribution in [3.8, 4) is 0 Å². The highest BCUT2D eigenvalue weighted by molar-refractivity contribution is 6.01. The normalized spacial score (nSPS) is 11.5. The van der Waals surface area contributed by atoms with E-state index < -0.39 is 11.9 Å². The summed E-state index contributed by atoms with van der Waals surface area (Å²) in [6, 6.07) is 0.960. The van der Waals surface area contributed by atoms with Gasteiger partial charge >= 0.3 is 0 Å². The predicted octanol–water partition coefficient (Wildman–Crippen LogP) is 0.0117. The van der Waals surface area contributed by atoms with Crippen molar-refractivity contribution in [2.24, 2.45) is 5.84 Å². The average Bonchev–Trinajstić information content (AvgIpc) is 2.44. The van der Waals surface area contributed by atoms with Crippen LogP contribution in [0.5, 0.6) is 0 Å². The van der Waals surface area contributed by atoms with Crippen LogP contribution in [0, 0.1) is 0 Å². The van der Waals surface area contributed by atoms with Gasteiger partial charge < -0.3 is 16.1 Å². The van der Waals surface area contributed by atoms with Gasteiger partial charge in [-0.05, 0) is 19.4 Å². The topological polar surface area (TPSA) is 109 Å². The molecule has 0 saturated heterocycles. The number of hydrazine groups is 1. The largest absolute Gasteiger partial charge is 0.354 e. The van der Waals surface area contributed by atoms with Crippen LogP contribution in [0.15, 0.2) is 18.5 Å². The van der Waals surface area contributed by atoms with Crippen LogP contribution in [-0.4, -0.2) is 29.4 Å². The van der Waals surface area contributed by atoms with Crippen molar-refractivity contribution in [1.29, 1.82) is 0 Å². The first kappa shape index (κ1) is 14.9. The van der Waals surface area contributed by atoms with E-state index in [1.807, 2.05) is 6.92 Å². The van der Waals surface area contributed by atoms with E-state index in [-0.39, 0.29) is 5.91 Å². The number of pyridine rings is 1. The van der Waals surface area contributed by atoms with Gasteiger partial charge in [0.05, 0.1) is 11.3 Å². The number of nitrogens with two attached hydrogens (primary N) is 1. The SMILES string of the molecule is CCCNC(=O)C(C)NC(=O)c1cnccc1NN. The second-order valence-electron chi connectivity index (χ2n) is 4.05. The highest BCUT2D eigenvalue weighted by atomic mass is 16.2. The van der Waals surface area contributed by atoms with Gasteiger partial charge in [0.15, 0.2) is 0 Å². The molecule has 0 aliphatic carbocycles. The molecule has 1 unspecified atom stereocenters. The Bertz CT molecular complexity index is 450. The summed E-state index contributed by atoms with van der Waals surface area (Å²) in [4.78, 5) is 27.5. The smallest absolute Gasteiger partial charge is 0.255 e. The molecule has 0 aromatic carbocycles. The van der Waals surface area contributed by atoms with Gasteiger partial charge in [-0.25, -0.2) is 0 Å². The monoisotopic (exact) mass is 265 g/mol. The Morgan fingerprint density at radius 3 is 2.84 bits per heavy atom. The van der Waals surface area contributed by atoms with E-state index in [2.05, 4.69) is 21.0 Å². The number of rotatable bonds is 6. The second-order valence-corrected chi connectivity index (χ2v) is 4.05. The third-order valence-corrected chi connectivity index (χ3v) is 2.51. The molecular formula is C12H19N5O2. The molecule has 0 aliphatic heterocycles. The molecule has 0 spiro atoms. The Morgan fingerprint density at radius 2 is 2.21 bits per heavy atom. The molecule has 7 nitrogen and oxygen atoms in total. The Balaban J connectivity index is 2.66. The van der Waals surface area contributed by atoms with Crippen molar-refractivity contribution in [3.05, 3.63) is 24.0 Å². The van der Waals surface area contributed by atoms with E-state index in [9.17, 15) is 9.59 Å². The molecule has 5 N–H and O–H groups in total. The Labute approximate surface area is 111 Å². The number of carbonyl (C=O) groups excluding carboxylic acids is 2. The lowest BCUT2D eigenvalue weighted by Crippen LogP contribution is -2.45. The summed E-state index contributed by atoms with van der Waals surface area (Å²) in [5.74, 6) is 4.68. The summed E-state index contributed by atoms with van der Waals surface area (Å²) in [5.41, 5.74) is 3.16. The fraction of sp³-hybridized carbons (Fsp3) is 0.417. The van der Waals surface area contributed by atoms with Crippen molar-refractivity contribution in [2.75, 3.05) is 12.0 Å². The zero-order valence-corrected chi connectivity index (χ0v) is 11.1. The third kappa shape index (κ3) is 4.22. The van der Waals surface area contributed by atoms with Crippen LogP contribution in [0.2, 0.25) is 0 Å². The molecule has 0 bridgehead atoms. The molecule has 0 radical (unpaired) electrons. The first-order valence-electron chi connectivity index (χ1n) is 6.09. The minimum Gasteiger partial charge on any atom is -0.354 e. The van der Waals surface area contributed by atoms with Gasteiger partial charge in [-0.3, -0.25) is 20.4 Å². The highest BCUT2D eigenvalue weighted by Gasteiger charge is 2.18. The zero-order chi connectivity index (χ0) is 14.3. The van der Waals surface area contributed by atoms with Crippen LogP contribution in [-0.2, 0) is 4.79 Å². The first-order valence-corrected chi connectivity index (χ1v) is 6.09. The van der Waals surface area contributed by atoms with Gasteiger partial charge in [0.1, 0.15) is 6.04 Å². The van der Waals surface area contributed by atoms with Crippen LogP contribution in [0.1, 0.15) is 30.6 Å². The predicted molar refractivity (Wildman–Crippen MR) is 72.3 cm³/mol. The number of nitrogens with one attached hydrogen (secondary N) is 3. The Kier molecular flexibility index (Phi) is 5.74. The first-order chi connectivity index (χ1) is 9.10. The quantitative estimate of drug-likeness (QED) is 0.428. The molecule has 7 heteroatoms. The van der Waals surface area contributed by atoms with Crippen LogP contribution in [0.25, 0.3) is 0 Å². The molecule has 1 aromatic rings. The summed E-state index contributed by atoms with van der Waals surface area (Å²) >= 11 is 0. The number of amides is 2. The minimum absolute atomic E-state index is 0.221. The number of hydrogen-bond acceptors (Lipinski definition) is 5. The van der Waals surface area contributed by atoms with Crippen molar-refractivity contribution in [2.45, 2.75) is 26.3 Å². The van der Waals surface area contributed by atoms with Gasteiger partial charge in [-0.15, -0.1) is 0 Å². The van der Waals surface area contributed by atoms with E-state index in [1.165, 1.54) is 12.4 Å². The van der Waals surface area contributed by atoms with E-state index in [0.717, 1.165) is 6.42 Å². The molecule has 0 aliphatic rings. The molecule has 1 atom stereocenters. The summed E-state index contributed by atoms with van der Waals surface area (Å²) in [6.07, 6.45) is 3.75. The molecule has 1 aromatic heterocycles. The maximum Gasteiger partial charge on any atom is 0.255 e. The Morgan fingerprint density at radius 1 is 1.47 bits per heavy atom. The summed E-state index contributed by atoms with van der Waals surface area (Å²) in [5, 5.41) is 5.30. The number of carbonyl (C=O) groups is 2. The molecule has 19 heavy (non-hydrogen) atoms. The second kappa shape index (κ2) is 7.32. The van der Waals surface area contributed by atoms with E-state index in [0.29, 0.717) is 17.8 Å². The molecule has 2 amide bonds. The number of hydrogen-bond donors (Lipinski definition) is 4. The minimum atomic E-state index is -0.620. The van der Waals surface area contributed by atoms with Crippen molar-refractivity contribution >= 4 is 17.5 Å². The zero-order valence-electron chi connectivity index (χ0n) is 11.1. The van der Waals surface area contributed by atoms with E-state index in [1.54, 1.807) is 13.0 Å². The van der Waals surface area contributed by atoms with Crippen molar-refractivity contribution in [1.82, 2.24) is 15.6 Å². The van der Waals surface area contributed by atoms with Gasteiger partial charge in [-0.2, -0.15) is 0 Å². The number of aromatic nitrogens is 1. The molecule has 1 heterocycles.